The highest BCUT2D eigenvalue weighted by Crippen LogP contribution is 2.35. The highest BCUT2D eigenvalue weighted by atomic mass is 127. The number of rotatable bonds is 6. The van der Waals surface area contributed by atoms with Gasteiger partial charge in [-0.3, -0.25) is 14.1 Å². The van der Waals surface area contributed by atoms with E-state index >= 15 is 0 Å². The molecule has 3 aliphatic rings. The molecular formula is C22H43IN4OS. The zero-order valence-corrected chi connectivity index (χ0v) is 21.7. The lowest BCUT2D eigenvalue weighted by molar-refractivity contribution is 0.0368. The molecule has 2 aliphatic carbocycles. The number of aliphatic imine (C=N–C) groups is 1. The Labute approximate surface area is 198 Å². The molecule has 1 saturated heterocycles. The lowest BCUT2D eigenvalue weighted by atomic mass is 9.79. The fraction of sp³-hybridized carbons (Fsp3) is 0.955. The second-order valence-corrected chi connectivity index (χ2v) is 11.1. The maximum Gasteiger partial charge on any atom is 0.191 e. The van der Waals surface area contributed by atoms with Gasteiger partial charge in [0.2, 0.25) is 0 Å². The van der Waals surface area contributed by atoms with Gasteiger partial charge in [-0.25, -0.2) is 0 Å². The Hall–Kier alpha value is 0.110. The van der Waals surface area contributed by atoms with Gasteiger partial charge in [0.15, 0.2) is 5.96 Å². The van der Waals surface area contributed by atoms with Crippen LogP contribution in [0.25, 0.3) is 0 Å². The van der Waals surface area contributed by atoms with Gasteiger partial charge in [-0.05, 0) is 58.0 Å². The van der Waals surface area contributed by atoms with Crippen LogP contribution in [-0.2, 0) is 10.8 Å². The van der Waals surface area contributed by atoms with Crippen molar-refractivity contribution in [1.29, 1.82) is 0 Å². The quantitative estimate of drug-likeness (QED) is 0.305. The first-order valence-electron chi connectivity index (χ1n) is 11.8. The maximum atomic E-state index is 12.2. The standard InChI is InChI=1S/C22H42N4OS.HI/c1-3-28(27)20-12-10-11-19(17-20)25-21(23-2)24-18-22(13-6-4-7-14-22)26-15-8-5-9-16-26;/h19-20H,3-18H2,1-2H3,(H2,23,24,25);1H. The molecule has 0 aromatic carbocycles. The molecule has 1 aliphatic heterocycles. The summed E-state index contributed by atoms with van der Waals surface area (Å²) < 4.78 is 12.2. The van der Waals surface area contributed by atoms with Gasteiger partial charge in [-0.2, -0.15) is 0 Å². The van der Waals surface area contributed by atoms with Crippen LogP contribution in [0.15, 0.2) is 4.99 Å². The van der Waals surface area contributed by atoms with Gasteiger partial charge in [0.25, 0.3) is 0 Å². The monoisotopic (exact) mass is 538 g/mol. The SMILES string of the molecule is CCS(=O)C1CCCC(NC(=NC)NCC2(N3CCCCC3)CCCCC2)C1.I. The summed E-state index contributed by atoms with van der Waals surface area (Å²) in [6, 6.07) is 0.401. The minimum absolute atomic E-state index is 0. The summed E-state index contributed by atoms with van der Waals surface area (Å²) in [5.74, 6) is 1.72. The van der Waals surface area contributed by atoms with E-state index in [1.54, 1.807) is 0 Å². The van der Waals surface area contributed by atoms with E-state index in [9.17, 15) is 4.21 Å². The molecular weight excluding hydrogens is 495 g/mol. The molecule has 0 aromatic heterocycles. The zero-order valence-electron chi connectivity index (χ0n) is 18.6. The molecule has 3 rings (SSSR count). The van der Waals surface area contributed by atoms with Crippen LogP contribution >= 0.6 is 24.0 Å². The first-order chi connectivity index (χ1) is 13.7. The van der Waals surface area contributed by atoms with E-state index in [1.807, 2.05) is 14.0 Å². The van der Waals surface area contributed by atoms with Crippen molar-refractivity contribution in [2.24, 2.45) is 4.99 Å². The lowest BCUT2D eigenvalue weighted by Gasteiger charge is -2.48. The maximum absolute atomic E-state index is 12.2. The predicted molar refractivity (Wildman–Crippen MR) is 136 cm³/mol. The number of hydrogen-bond donors (Lipinski definition) is 2. The van der Waals surface area contributed by atoms with Gasteiger partial charge in [0.05, 0.1) is 0 Å². The minimum Gasteiger partial charge on any atom is -0.355 e. The van der Waals surface area contributed by atoms with E-state index in [0.717, 1.165) is 37.5 Å². The first kappa shape index (κ1) is 25.4. The van der Waals surface area contributed by atoms with Gasteiger partial charge in [0, 0.05) is 47.0 Å². The molecule has 3 atom stereocenters. The molecule has 0 aromatic rings. The van der Waals surface area contributed by atoms with E-state index in [1.165, 1.54) is 70.9 Å². The van der Waals surface area contributed by atoms with Crippen molar-refractivity contribution < 1.29 is 4.21 Å². The molecule has 0 bridgehead atoms. The third-order valence-electron chi connectivity index (χ3n) is 7.24. The summed E-state index contributed by atoms with van der Waals surface area (Å²) in [7, 11) is 1.21. The van der Waals surface area contributed by atoms with Gasteiger partial charge in [-0.15, -0.1) is 24.0 Å². The van der Waals surface area contributed by atoms with Crippen LogP contribution in [0.4, 0.5) is 0 Å². The molecule has 1 heterocycles. The first-order valence-corrected chi connectivity index (χ1v) is 13.1. The summed E-state index contributed by atoms with van der Waals surface area (Å²) in [5, 5.41) is 7.72. The van der Waals surface area contributed by atoms with Crippen LogP contribution in [0.5, 0.6) is 0 Å². The van der Waals surface area contributed by atoms with Gasteiger partial charge in [0.1, 0.15) is 0 Å². The van der Waals surface area contributed by atoms with Crippen LogP contribution in [0, 0.1) is 0 Å². The molecule has 2 saturated carbocycles. The summed E-state index contributed by atoms with van der Waals surface area (Å²) >= 11 is 0. The summed E-state index contributed by atoms with van der Waals surface area (Å²) in [5.41, 5.74) is 0.315. The van der Waals surface area contributed by atoms with Crippen molar-refractivity contribution in [3.8, 4) is 0 Å². The van der Waals surface area contributed by atoms with Gasteiger partial charge >= 0.3 is 0 Å². The Morgan fingerprint density at radius 1 is 1.07 bits per heavy atom. The number of nitrogens with one attached hydrogen (secondary N) is 2. The van der Waals surface area contributed by atoms with E-state index in [-0.39, 0.29) is 24.0 Å². The Bertz CT molecular complexity index is 533. The Morgan fingerprint density at radius 3 is 2.41 bits per heavy atom. The fourth-order valence-electron chi connectivity index (χ4n) is 5.57. The van der Waals surface area contributed by atoms with Crippen molar-refractivity contribution in [2.75, 3.05) is 32.4 Å². The largest absolute Gasteiger partial charge is 0.355 e. The Morgan fingerprint density at radius 2 is 1.76 bits per heavy atom. The molecule has 7 heteroatoms. The summed E-state index contributed by atoms with van der Waals surface area (Å²) in [6.07, 6.45) is 15.3. The molecule has 29 heavy (non-hydrogen) atoms. The van der Waals surface area contributed by atoms with Crippen molar-refractivity contribution in [3.05, 3.63) is 0 Å². The van der Waals surface area contributed by atoms with E-state index in [2.05, 4.69) is 20.5 Å². The van der Waals surface area contributed by atoms with Crippen molar-refractivity contribution >= 4 is 40.7 Å². The molecule has 2 N–H and O–H groups in total. The molecule has 0 spiro atoms. The second kappa shape index (κ2) is 12.8. The number of piperidine rings is 1. The van der Waals surface area contributed by atoms with Crippen LogP contribution in [-0.4, -0.2) is 64.3 Å². The normalized spacial score (nSPS) is 29.5. The van der Waals surface area contributed by atoms with Crippen LogP contribution in [0.1, 0.15) is 84.0 Å². The van der Waals surface area contributed by atoms with Crippen LogP contribution < -0.4 is 10.6 Å². The Balaban J connectivity index is 0.00000300. The molecule has 0 radical (unpaired) electrons. The average Bonchev–Trinajstić information content (AvgIpc) is 2.77. The summed E-state index contributed by atoms with van der Waals surface area (Å²) in [4.78, 5) is 7.32. The highest BCUT2D eigenvalue weighted by Gasteiger charge is 2.38. The zero-order chi connectivity index (χ0) is 19.8. The number of nitrogens with zero attached hydrogens (tertiary/aromatic N) is 2. The topological polar surface area (TPSA) is 56.7 Å². The van der Waals surface area contributed by atoms with E-state index in [0.29, 0.717) is 16.8 Å². The minimum atomic E-state index is -0.676. The predicted octanol–water partition coefficient (Wildman–Crippen LogP) is 4.04. The van der Waals surface area contributed by atoms with Crippen molar-refractivity contribution in [3.63, 3.8) is 0 Å². The van der Waals surface area contributed by atoms with Crippen LogP contribution in [0.2, 0.25) is 0 Å². The lowest BCUT2D eigenvalue weighted by Crippen LogP contribution is -2.59. The molecule has 170 valence electrons. The smallest absolute Gasteiger partial charge is 0.191 e. The highest BCUT2D eigenvalue weighted by molar-refractivity contribution is 14.0. The summed E-state index contributed by atoms with van der Waals surface area (Å²) in [6.45, 7) is 5.57. The third kappa shape index (κ3) is 7.06. The number of likely N-dealkylation sites (tertiary alicyclic amines) is 1. The van der Waals surface area contributed by atoms with Gasteiger partial charge in [-0.1, -0.05) is 39.0 Å². The molecule has 5 nitrogen and oxygen atoms in total. The molecule has 3 unspecified atom stereocenters. The molecule has 3 fully saturated rings. The second-order valence-electron chi connectivity index (χ2n) is 9.06. The molecule has 0 amide bonds. The van der Waals surface area contributed by atoms with E-state index in [4.69, 9.17) is 0 Å². The average molecular weight is 539 g/mol. The third-order valence-corrected chi connectivity index (χ3v) is 8.98. The number of guanidine groups is 1. The number of halogens is 1. The van der Waals surface area contributed by atoms with Gasteiger partial charge < -0.3 is 10.6 Å². The Kier molecular flexibility index (Phi) is 11.2. The van der Waals surface area contributed by atoms with Crippen molar-refractivity contribution in [1.82, 2.24) is 15.5 Å². The van der Waals surface area contributed by atoms with E-state index < -0.39 is 10.8 Å². The fourth-order valence-corrected chi connectivity index (χ4v) is 6.92. The number of hydrogen-bond acceptors (Lipinski definition) is 3. The van der Waals surface area contributed by atoms with Crippen LogP contribution in [0.3, 0.4) is 0 Å². The van der Waals surface area contributed by atoms with Crippen molar-refractivity contribution in [2.45, 2.75) is 101 Å².